The van der Waals surface area contributed by atoms with Crippen LogP contribution in [0.15, 0.2) is 35.2 Å². The molecule has 0 radical (unpaired) electrons. The molecule has 25 heavy (non-hydrogen) atoms. The zero-order valence-electron chi connectivity index (χ0n) is 14.3. The van der Waals surface area contributed by atoms with E-state index in [2.05, 4.69) is 10.0 Å². The summed E-state index contributed by atoms with van der Waals surface area (Å²) in [6, 6.07) is 7.86. The molecule has 2 aromatic carbocycles. The maximum absolute atomic E-state index is 12.8. The maximum atomic E-state index is 12.8. The summed E-state index contributed by atoms with van der Waals surface area (Å²) in [4.78, 5) is 11.3. The number of sulfonamides is 1. The van der Waals surface area contributed by atoms with E-state index in [1.54, 1.807) is 38.1 Å². The van der Waals surface area contributed by atoms with Crippen LogP contribution in [-0.4, -0.2) is 21.4 Å². The zero-order valence-corrected chi connectivity index (χ0v) is 15.9. The molecule has 0 heterocycles. The molecule has 134 valence electrons. The number of rotatable bonds is 5. The van der Waals surface area contributed by atoms with Gasteiger partial charge in [-0.25, -0.2) is 8.42 Å². The van der Waals surface area contributed by atoms with Crippen LogP contribution in [0.5, 0.6) is 5.75 Å². The van der Waals surface area contributed by atoms with Crippen molar-refractivity contribution in [2.45, 2.75) is 25.7 Å². The molecule has 0 unspecified atom stereocenters. The highest BCUT2D eigenvalue weighted by Gasteiger charge is 2.21. The van der Waals surface area contributed by atoms with Crippen LogP contribution < -0.4 is 14.8 Å². The van der Waals surface area contributed by atoms with Crippen molar-refractivity contribution in [1.29, 1.82) is 0 Å². The number of benzene rings is 2. The van der Waals surface area contributed by atoms with E-state index in [1.807, 2.05) is 0 Å². The average Bonchev–Trinajstić information content (AvgIpc) is 2.44. The van der Waals surface area contributed by atoms with Crippen LogP contribution in [0.1, 0.15) is 18.1 Å². The summed E-state index contributed by atoms with van der Waals surface area (Å²) >= 11 is 6.04. The molecule has 0 aliphatic rings. The topological polar surface area (TPSA) is 84.5 Å². The molecule has 0 aliphatic heterocycles. The number of methoxy groups -OCH3 is 1. The Morgan fingerprint density at radius 1 is 1.08 bits per heavy atom. The number of anilines is 2. The lowest BCUT2D eigenvalue weighted by Crippen LogP contribution is -2.16. The quantitative estimate of drug-likeness (QED) is 0.825. The molecule has 8 heteroatoms. The zero-order chi connectivity index (χ0) is 18.8. The van der Waals surface area contributed by atoms with E-state index in [0.717, 1.165) is 0 Å². The minimum Gasteiger partial charge on any atom is -0.495 e. The fourth-order valence-electron chi connectivity index (χ4n) is 2.59. The van der Waals surface area contributed by atoms with Crippen LogP contribution in [0, 0.1) is 13.8 Å². The molecular formula is C17H19ClN2O4S. The van der Waals surface area contributed by atoms with Crippen molar-refractivity contribution in [3.63, 3.8) is 0 Å². The van der Waals surface area contributed by atoms with Crippen LogP contribution in [0.25, 0.3) is 0 Å². The van der Waals surface area contributed by atoms with Gasteiger partial charge in [-0.3, -0.25) is 9.52 Å². The van der Waals surface area contributed by atoms with Gasteiger partial charge in [-0.05, 0) is 55.3 Å². The Morgan fingerprint density at radius 3 is 2.16 bits per heavy atom. The van der Waals surface area contributed by atoms with Crippen LogP contribution in [0.3, 0.4) is 0 Å². The van der Waals surface area contributed by atoms with Gasteiger partial charge in [0.1, 0.15) is 5.75 Å². The molecular weight excluding hydrogens is 364 g/mol. The van der Waals surface area contributed by atoms with Crippen LogP contribution in [0.4, 0.5) is 11.4 Å². The first-order chi connectivity index (χ1) is 11.6. The Bertz CT molecular complexity index is 903. The second-order valence-electron chi connectivity index (χ2n) is 5.58. The number of halogens is 1. The minimum atomic E-state index is -3.82. The number of hydrogen-bond donors (Lipinski definition) is 2. The smallest absolute Gasteiger partial charge is 0.262 e. The lowest BCUT2D eigenvalue weighted by Gasteiger charge is -2.15. The van der Waals surface area contributed by atoms with Crippen molar-refractivity contribution in [1.82, 2.24) is 0 Å². The van der Waals surface area contributed by atoms with Gasteiger partial charge in [-0.2, -0.15) is 0 Å². The van der Waals surface area contributed by atoms with Gasteiger partial charge < -0.3 is 10.1 Å². The normalized spacial score (nSPS) is 11.1. The predicted octanol–water partition coefficient (Wildman–Crippen LogP) is 3.72. The number of hydrogen-bond acceptors (Lipinski definition) is 4. The molecule has 0 fully saturated rings. The van der Waals surface area contributed by atoms with Crippen LogP contribution in [-0.2, 0) is 14.8 Å². The van der Waals surface area contributed by atoms with E-state index in [4.69, 9.17) is 16.3 Å². The van der Waals surface area contributed by atoms with Crippen LogP contribution >= 0.6 is 11.6 Å². The van der Waals surface area contributed by atoms with Crippen molar-refractivity contribution in [3.8, 4) is 5.75 Å². The maximum Gasteiger partial charge on any atom is 0.262 e. The summed E-state index contributed by atoms with van der Waals surface area (Å²) in [6.07, 6.45) is 0. The van der Waals surface area contributed by atoms with E-state index >= 15 is 0 Å². The van der Waals surface area contributed by atoms with Crippen LogP contribution in [0.2, 0.25) is 5.02 Å². The fourth-order valence-corrected chi connectivity index (χ4v) is 4.35. The molecule has 0 bridgehead atoms. The van der Waals surface area contributed by atoms with Gasteiger partial charge in [-0.1, -0.05) is 11.6 Å². The second-order valence-corrected chi connectivity index (χ2v) is 7.60. The van der Waals surface area contributed by atoms with Crippen molar-refractivity contribution in [3.05, 3.63) is 46.5 Å². The SMILES string of the molecule is COc1ccc(NS(=O)(=O)c2c(C)cc(NC(C)=O)cc2C)cc1Cl. The summed E-state index contributed by atoms with van der Waals surface area (Å²) < 4.78 is 33.1. The van der Waals surface area contributed by atoms with Gasteiger partial charge in [-0.15, -0.1) is 0 Å². The minimum absolute atomic E-state index is 0.161. The van der Waals surface area contributed by atoms with E-state index in [0.29, 0.717) is 33.3 Å². The molecule has 6 nitrogen and oxygen atoms in total. The first kappa shape index (κ1) is 19.1. The number of ether oxygens (including phenoxy) is 1. The summed E-state index contributed by atoms with van der Waals surface area (Å²) in [5, 5.41) is 2.95. The average molecular weight is 383 g/mol. The molecule has 2 N–H and O–H groups in total. The number of aryl methyl sites for hydroxylation is 2. The number of carbonyl (C=O) groups excluding carboxylic acids is 1. The van der Waals surface area contributed by atoms with Gasteiger partial charge >= 0.3 is 0 Å². The van der Waals surface area contributed by atoms with Crippen molar-refractivity contribution < 1.29 is 17.9 Å². The Hall–Kier alpha value is -2.25. The highest BCUT2D eigenvalue weighted by Crippen LogP contribution is 2.30. The Morgan fingerprint density at radius 2 is 1.68 bits per heavy atom. The molecule has 0 aliphatic carbocycles. The third-order valence-electron chi connectivity index (χ3n) is 3.45. The number of carbonyl (C=O) groups is 1. The predicted molar refractivity (Wildman–Crippen MR) is 99.0 cm³/mol. The first-order valence-electron chi connectivity index (χ1n) is 7.39. The molecule has 2 aromatic rings. The lowest BCUT2D eigenvalue weighted by atomic mass is 10.1. The van der Waals surface area contributed by atoms with E-state index < -0.39 is 10.0 Å². The van der Waals surface area contributed by atoms with Gasteiger partial charge in [0.25, 0.3) is 10.0 Å². The Labute approximate surface area is 152 Å². The van der Waals surface area contributed by atoms with Gasteiger partial charge in [0.05, 0.1) is 22.7 Å². The second kappa shape index (κ2) is 7.33. The molecule has 2 rings (SSSR count). The molecule has 0 aromatic heterocycles. The van der Waals surface area contributed by atoms with Gasteiger partial charge in [0.15, 0.2) is 0 Å². The van der Waals surface area contributed by atoms with Crippen molar-refractivity contribution >= 4 is 38.9 Å². The Balaban J connectivity index is 2.39. The summed E-state index contributed by atoms with van der Waals surface area (Å²) in [5.74, 6) is 0.233. The highest BCUT2D eigenvalue weighted by atomic mass is 35.5. The highest BCUT2D eigenvalue weighted by molar-refractivity contribution is 7.92. The standard InChI is InChI=1S/C17H19ClN2O4S/c1-10-7-14(19-12(3)21)8-11(2)17(10)25(22,23)20-13-5-6-16(24-4)15(18)9-13/h5-9,20H,1-4H3,(H,19,21). The molecule has 0 saturated heterocycles. The van der Waals surface area contributed by atoms with Crippen molar-refractivity contribution in [2.24, 2.45) is 0 Å². The van der Waals surface area contributed by atoms with Crippen molar-refractivity contribution in [2.75, 3.05) is 17.1 Å². The first-order valence-corrected chi connectivity index (χ1v) is 9.25. The fraction of sp³-hybridized carbons (Fsp3) is 0.235. The summed E-state index contributed by atoms with van der Waals surface area (Å²) in [5.41, 5.74) is 1.93. The monoisotopic (exact) mass is 382 g/mol. The van der Waals surface area contributed by atoms with Gasteiger partial charge in [0, 0.05) is 12.6 Å². The molecule has 0 atom stereocenters. The largest absolute Gasteiger partial charge is 0.495 e. The third-order valence-corrected chi connectivity index (χ3v) is 5.43. The molecule has 1 amide bonds. The van der Waals surface area contributed by atoms with E-state index in [1.165, 1.54) is 20.1 Å². The number of amides is 1. The van der Waals surface area contributed by atoms with E-state index in [-0.39, 0.29) is 10.8 Å². The van der Waals surface area contributed by atoms with Gasteiger partial charge in [0.2, 0.25) is 5.91 Å². The molecule has 0 saturated carbocycles. The summed E-state index contributed by atoms with van der Waals surface area (Å²) in [7, 11) is -2.34. The third kappa shape index (κ3) is 4.43. The lowest BCUT2D eigenvalue weighted by molar-refractivity contribution is -0.114. The number of nitrogens with one attached hydrogen (secondary N) is 2. The summed E-state index contributed by atoms with van der Waals surface area (Å²) in [6.45, 7) is 4.74. The van der Waals surface area contributed by atoms with E-state index in [9.17, 15) is 13.2 Å². The molecule has 0 spiro atoms. The Kier molecular flexibility index (Phi) is 5.59.